The molecule has 1 fully saturated rings. The van der Waals surface area contributed by atoms with Crippen molar-refractivity contribution in [2.24, 2.45) is 0 Å². The lowest BCUT2D eigenvalue weighted by atomic mass is 10.2. The van der Waals surface area contributed by atoms with E-state index in [4.69, 9.17) is 5.11 Å². The van der Waals surface area contributed by atoms with Crippen LogP contribution in [0, 0.1) is 10.1 Å². The van der Waals surface area contributed by atoms with Gasteiger partial charge in [0.2, 0.25) is 0 Å². The molecule has 0 saturated carbocycles. The third kappa shape index (κ3) is 2.04. The fourth-order valence-corrected chi connectivity index (χ4v) is 2.04. The van der Waals surface area contributed by atoms with Crippen molar-refractivity contribution in [3.8, 4) is 0 Å². The SMILES string of the molecule is O=C(O)[C@H]1CCCN1C(=O)c1ccc([N+](=O)[O-])[nH]1. The number of H-pyrrole nitrogens is 1. The molecule has 1 amide bonds. The van der Waals surface area contributed by atoms with E-state index in [1.54, 1.807) is 0 Å². The predicted octanol–water partition coefficient (Wildman–Crippen LogP) is 0.612. The summed E-state index contributed by atoms with van der Waals surface area (Å²) in [6.07, 6.45) is 1.02. The Balaban J connectivity index is 2.20. The molecule has 8 nitrogen and oxygen atoms in total. The number of amides is 1. The van der Waals surface area contributed by atoms with Crippen molar-refractivity contribution < 1.29 is 19.6 Å². The predicted molar refractivity (Wildman–Crippen MR) is 59.1 cm³/mol. The molecular weight excluding hydrogens is 242 g/mol. The van der Waals surface area contributed by atoms with Gasteiger partial charge in [-0.3, -0.25) is 4.79 Å². The Morgan fingerprint density at radius 1 is 1.50 bits per heavy atom. The molecule has 1 aliphatic heterocycles. The van der Waals surface area contributed by atoms with Crippen molar-refractivity contribution in [2.45, 2.75) is 18.9 Å². The number of carbonyl (C=O) groups is 2. The lowest BCUT2D eigenvalue weighted by Gasteiger charge is -2.19. The Morgan fingerprint density at radius 3 is 2.78 bits per heavy atom. The third-order valence-corrected chi connectivity index (χ3v) is 2.90. The summed E-state index contributed by atoms with van der Waals surface area (Å²) < 4.78 is 0. The first-order valence-electron chi connectivity index (χ1n) is 5.38. The Labute approximate surface area is 101 Å². The quantitative estimate of drug-likeness (QED) is 0.604. The number of aromatic amines is 1. The van der Waals surface area contributed by atoms with E-state index in [9.17, 15) is 19.7 Å². The second-order valence-electron chi connectivity index (χ2n) is 4.01. The summed E-state index contributed by atoms with van der Waals surface area (Å²) >= 11 is 0. The molecule has 18 heavy (non-hydrogen) atoms. The van der Waals surface area contributed by atoms with E-state index in [0.717, 1.165) is 0 Å². The maximum atomic E-state index is 12.0. The number of aromatic nitrogens is 1. The monoisotopic (exact) mass is 253 g/mol. The van der Waals surface area contributed by atoms with E-state index in [-0.39, 0.29) is 11.5 Å². The maximum absolute atomic E-state index is 12.0. The lowest BCUT2D eigenvalue weighted by molar-refractivity contribution is -0.389. The molecule has 1 aromatic heterocycles. The summed E-state index contributed by atoms with van der Waals surface area (Å²) in [6, 6.07) is 1.62. The van der Waals surface area contributed by atoms with Crippen LogP contribution < -0.4 is 0 Å². The Morgan fingerprint density at radius 2 is 2.22 bits per heavy atom. The van der Waals surface area contributed by atoms with Gasteiger partial charge in [0.25, 0.3) is 5.91 Å². The number of carboxylic acids is 1. The van der Waals surface area contributed by atoms with Crippen LogP contribution in [0.1, 0.15) is 23.3 Å². The van der Waals surface area contributed by atoms with Crippen LogP contribution in [0.15, 0.2) is 12.1 Å². The highest BCUT2D eigenvalue weighted by Gasteiger charge is 2.36. The fraction of sp³-hybridized carbons (Fsp3) is 0.400. The van der Waals surface area contributed by atoms with E-state index >= 15 is 0 Å². The first kappa shape index (κ1) is 12.1. The molecule has 1 aliphatic rings. The van der Waals surface area contributed by atoms with Gasteiger partial charge >= 0.3 is 11.8 Å². The number of aliphatic carboxylic acids is 1. The molecule has 1 atom stereocenters. The summed E-state index contributed by atoms with van der Waals surface area (Å²) in [7, 11) is 0. The van der Waals surface area contributed by atoms with Crippen molar-refractivity contribution in [1.29, 1.82) is 0 Å². The zero-order valence-corrected chi connectivity index (χ0v) is 9.33. The lowest BCUT2D eigenvalue weighted by Crippen LogP contribution is -2.40. The van der Waals surface area contributed by atoms with Gasteiger partial charge in [-0.15, -0.1) is 0 Å². The van der Waals surface area contributed by atoms with E-state index in [1.807, 2.05) is 0 Å². The number of hydrogen-bond acceptors (Lipinski definition) is 4. The number of carboxylic acid groups (broad SMARTS) is 1. The molecule has 2 rings (SSSR count). The van der Waals surface area contributed by atoms with Crippen LogP contribution in [0.25, 0.3) is 0 Å². The summed E-state index contributed by atoms with van der Waals surface area (Å²) in [5.74, 6) is -1.86. The molecule has 1 saturated heterocycles. The number of nitrogens with zero attached hydrogens (tertiary/aromatic N) is 2. The van der Waals surface area contributed by atoms with Gasteiger partial charge in [-0.1, -0.05) is 0 Å². The number of carbonyl (C=O) groups excluding carboxylic acids is 1. The molecule has 0 bridgehead atoms. The minimum atomic E-state index is -1.05. The number of rotatable bonds is 3. The van der Waals surface area contributed by atoms with Gasteiger partial charge in [-0.05, 0) is 23.8 Å². The number of likely N-dealkylation sites (tertiary alicyclic amines) is 1. The van der Waals surface area contributed by atoms with Crippen LogP contribution in [-0.2, 0) is 4.79 Å². The minimum Gasteiger partial charge on any atom is -0.480 e. The third-order valence-electron chi connectivity index (χ3n) is 2.90. The van der Waals surface area contributed by atoms with Gasteiger partial charge in [-0.2, -0.15) is 0 Å². The molecule has 0 aliphatic carbocycles. The number of hydrogen-bond donors (Lipinski definition) is 2. The van der Waals surface area contributed by atoms with Gasteiger partial charge in [-0.25, -0.2) is 9.78 Å². The minimum absolute atomic E-state index is 0.0369. The highest BCUT2D eigenvalue weighted by Crippen LogP contribution is 2.21. The van der Waals surface area contributed by atoms with E-state index in [2.05, 4.69) is 4.98 Å². The van der Waals surface area contributed by atoms with E-state index in [1.165, 1.54) is 17.0 Å². The molecule has 2 N–H and O–H groups in total. The van der Waals surface area contributed by atoms with Crippen molar-refractivity contribution in [3.63, 3.8) is 0 Å². The average molecular weight is 253 g/mol. The molecule has 0 radical (unpaired) electrons. The average Bonchev–Trinajstić information content (AvgIpc) is 2.97. The summed E-state index contributed by atoms with van der Waals surface area (Å²) in [4.78, 5) is 36.4. The zero-order valence-electron chi connectivity index (χ0n) is 9.33. The van der Waals surface area contributed by atoms with Crippen LogP contribution in [0.4, 0.5) is 5.82 Å². The highest BCUT2D eigenvalue weighted by atomic mass is 16.6. The Kier molecular flexibility index (Phi) is 3.00. The summed E-state index contributed by atoms with van der Waals surface area (Å²) in [5, 5.41) is 19.4. The largest absolute Gasteiger partial charge is 0.480 e. The maximum Gasteiger partial charge on any atom is 0.326 e. The molecule has 1 aromatic rings. The van der Waals surface area contributed by atoms with Gasteiger partial charge in [0, 0.05) is 12.6 Å². The smallest absolute Gasteiger partial charge is 0.326 e. The van der Waals surface area contributed by atoms with Gasteiger partial charge in [0.05, 0.1) is 0 Å². The van der Waals surface area contributed by atoms with Crippen LogP contribution in [0.2, 0.25) is 0 Å². The highest BCUT2D eigenvalue weighted by molar-refractivity contribution is 5.95. The van der Waals surface area contributed by atoms with Crippen LogP contribution in [0.3, 0.4) is 0 Å². The molecule has 2 heterocycles. The van der Waals surface area contributed by atoms with Gasteiger partial charge in [0.15, 0.2) is 5.69 Å². The fourth-order valence-electron chi connectivity index (χ4n) is 2.04. The topological polar surface area (TPSA) is 117 Å². The van der Waals surface area contributed by atoms with Crippen molar-refractivity contribution in [2.75, 3.05) is 6.54 Å². The molecule has 96 valence electrons. The second-order valence-corrected chi connectivity index (χ2v) is 4.01. The first-order valence-corrected chi connectivity index (χ1v) is 5.38. The molecular formula is C10H11N3O5. The Hall–Kier alpha value is -2.38. The zero-order chi connectivity index (χ0) is 13.3. The number of nitrogens with one attached hydrogen (secondary N) is 1. The van der Waals surface area contributed by atoms with Gasteiger partial charge in [0.1, 0.15) is 6.04 Å². The van der Waals surface area contributed by atoms with E-state index in [0.29, 0.717) is 19.4 Å². The normalized spacial score (nSPS) is 18.9. The summed E-state index contributed by atoms with van der Waals surface area (Å²) in [5.41, 5.74) is 0.0369. The van der Waals surface area contributed by atoms with Crippen LogP contribution >= 0.6 is 0 Å². The van der Waals surface area contributed by atoms with Gasteiger partial charge < -0.3 is 20.1 Å². The van der Waals surface area contributed by atoms with Crippen molar-refractivity contribution in [3.05, 3.63) is 27.9 Å². The summed E-state index contributed by atoms with van der Waals surface area (Å²) in [6.45, 7) is 0.350. The molecule has 0 aromatic carbocycles. The second kappa shape index (κ2) is 4.47. The van der Waals surface area contributed by atoms with Crippen molar-refractivity contribution >= 4 is 17.7 Å². The first-order chi connectivity index (χ1) is 8.50. The standard InChI is InChI=1S/C10H11N3O5/c14-9(6-3-4-8(11-6)13(17)18)12-5-1-2-7(12)10(15)16/h3-4,7,11H,1-2,5H2,(H,15,16)/t7-/m1/s1. The molecule has 8 heteroatoms. The van der Waals surface area contributed by atoms with Crippen molar-refractivity contribution in [1.82, 2.24) is 9.88 Å². The van der Waals surface area contributed by atoms with E-state index < -0.39 is 22.8 Å². The number of nitro groups is 1. The van der Waals surface area contributed by atoms with Crippen LogP contribution in [0.5, 0.6) is 0 Å². The van der Waals surface area contributed by atoms with Crippen LogP contribution in [-0.4, -0.2) is 44.4 Å². The Bertz CT molecular complexity index is 509. The molecule has 0 unspecified atom stereocenters. The molecule has 0 spiro atoms.